The molecule has 13 heavy (non-hydrogen) atoms. The van der Waals surface area contributed by atoms with Crippen molar-refractivity contribution < 1.29 is 14.6 Å². The van der Waals surface area contributed by atoms with Gasteiger partial charge in [0.25, 0.3) is 0 Å². The van der Waals surface area contributed by atoms with E-state index >= 15 is 0 Å². The summed E-state index contributed by atoms with van der Waals surface area (Å²) in [5.41, 5.74) is 0. The summed E-state index contributed by atoms with van der Waals surface area (Å²) in [6, 6.07) is 0. The molecular formula is C10H18O3. The van der Waals surface area contributed by atoms with E-state index in [-0.39, 0.29) is 18.5 Å². The maximum Gasteiger partial charge on any atom is 0.168 e. The highest BCUT2D eigenvalue weighted by Crippen LogP contribution is 2.36. The molecular weight excluding hydrogens is 168 g/mol. The van der Waals surface area contributed by atoms with E-state index in [1.807, 2.05) is 0 Å². The Balaban J connectivity index is 2.00. The van der Waals surface area contributed by atoms with Gasteiger partial charge in [0.05, 0.1) is 19.3 Å². The molecule has 2 heterocycles. The summed E-state index contributed by atoms with van der Waals surface area (Å²) < 4.78 is 11.5. The van der Waals surface area contributed by atoms with Crippen molar-refractivity contribution in [3.8, 4) is 0 Å². The van der Waals surface area contributed by atoms with Crippen molar-refractivity contribution in [3.05, 3.63) is 0 Å². The molecule has 2 aliphatic rings. The Labute approximate surface area is 79.0 Å². The molecule has 2 aliphatic heterocycles. The van der Waals surface area contributed by atoms with Gasteiger partial charge < -0.3 is 14.6 Å². The van der Waals surface area contributed by atoms with Crippen molar-refractivity contribution in [2.45, 2.75) is 50.4 Å². The molecule has 0 aromatic carbocycles. The predicted octanol–water partition coefficient (Wildman–Crippen LogP) is 1.44. The van der Waals surface area contributed by atoms with Gasteiger partial charge in [-0.3, -0.25) is 0 Å². The molecule has 2 fully saturated rings. The number of aliphatic hydroxyl groups is 1. The van der Waals surface area contributed by atoms with Crippen LogP contribution in [-0.4, -0.2) is 30.2 Å². The summed E-state index contributed by atoms with van der Waals surface area (Å²) >= 11 is 0. The van der Waals surface area contributed by atoms with E-state index in [1.54, 1.807) is 0 Å². The Hall–Kier alpha value is -0.120. The summed E-state index contributed by atoms with van der Waals surface area (Å²) in [5, 5.41) is 9.08. The first-order chi connectivity index (χ1) is 6.35. The third kappa shape index (κ3) is 2.03. The van der Waals surface area contributed by atoms with E-state index in [1.165, 1.54) is 0 Å². The highest BCUT2D eigenvalue weighted by atomic mass is 16.7. The Morgan fingerprint density at radius 3 is 2.77 bits per heavy atom. The van der Waals surface area contributed by atoms with Crippen LogP contribution < -0.4 is 0 Å². The lowest BCUT2D eigenvalue weighted by molar-refractivity contribution is -0.238. The number of ether oxygens (including phenoxy) is 2. The normalized spacial score (nSPS) is 40.8. The zero-order chi connectivity index (χ0) is 9.15. The van der Waals surface area contributed by atoms with Crippen molar-refractivity contribution >= 4 is 0 Å². The standard InChI is InChI=1S/C10H18O3/c11-8-9-4-1-2-5-10(13-9)6-3-7-12-10/h9,11H,1-8H2/t9-,10+/m0/s1. The van der Waals surface area contributed by atoms with Gasteiger partial charge >= 0.3 is 0 Å². The lowest BCUT2D eigenvalue weighted by Gasteiger charge is -2.29. The van der Waals surface area contributed by atoms with E-state index in [9.17, 15) is 0 Å². The first kappa shape index (κ1) is 9.44. The van der Waals surface area contributed by atoms with Crippen LogP contribution in [0.1, 0.15) is 38.5 Å². The molecule has 0 saturated carbocycles. The van der Waals surface area contributed by atoms with Gasteiger partial charge in [0, 0.05) is 12.8 Å². The number of hydrogen-bond acceptors (Lipinski definition) is 3. The molecule has 0 bridgehead atoms. The van der Waals surface area contributed by atoms with Gasteiger partial charge in [0.15, 0.2) is 5.79 Å². The van der Waals surface area contributed by atoms with Crippen LogP contribution in [0.3, 0.4) is 0 Å². The quantitative estimate of drug-likeness (QED) is 0.673. The van der Waals surface area contributed by atoms with Crippen LogP contribution in [0, 0.1) is 0 Å². The molecule has 2 rings (SSSR count). The fourth-order valence-electron chi connectivity index (χ4n) is 2.28. The molecule has 3 nitrogen and oxygen atoms in total. The molecule has 0 amide bonds. The summed E-state index contributed by atoms with van der Waals surface area (Å²) in [6.45, 7) is 0.948. The molecule has 0 unspecified atom stereocenters. The Bertz CT molecular complexity index is 164. The second kappa shape index (κ2) is 3.95. The molecule has 0 aromatic rings. The van der Waals surface area contributed by atoms with E-state index in [0.29, 0.717) is 0 Å². The van der Waals surface area contributed by atoms with Gasteiger partial charge in [0.1, 0.15) is 0 Å². The van der Waals surface area contributed by atoms with Crippen LogP contribution in [0.5, 0.6) is 0 Å². The minimum atomic E-state index is -0.329. The van der Waals surface area contributed by atoms with Crippen LogP contribution in [0.15, 0.2) is 0 Å². The maximum atomic E-state index is 9.08. The highest BCUT2D eigenvalue weighted by molar-refractivity contribution is 4.80. The number of rotatable bonds is 1. The second-order valence-corrected chi connectivity index (χ2v) is 4.03. The summed E-state index contributed by atoms with van der Waals surface area (Å²) in [7, 11) is 0. The second-order valence-electron chi connectivity index (χ2n) is 4.03. The Morgan fingerprint density at radius 1 is 1.23 bits per heavy atom. The third-order valence-electron chi connectivity index (χ3n) is 2.99. The molecule has 1 N–H and O–H groups in total. The zero-order valence-corrected chi connectivity index (χ0v) is 8.00. The van der Waals surface area contributed by atoms with Crippen LogP contribution in [0.2, 0.25) is 0 Å². The summed E-state index contributed by atoms with van der Waals surface area (Å²) in [6.07, 6.45) is 6.39. The smallest absolute Gasteiger partial charge is 0.168 e. The van der Waals surface area contributed by atoms with Gasteiger partial charge in [-0.15, -0.1) is 0 Å². The zero-order valence-electron chi connectivity index (χ0n) is 8.00. The molecule has 2 saturated heterocycles. The van der Waals surface area contributed by atoms with Gasteiger partial charge in [-0.2, -0.15) is 0 Å². The largest absolute Gasteiger partial charge is 0.394 e. The monoisotopic (exact) mass is 186 g/mol. The lowest BCUT2D eigenvalue weighted by atomic mass is 10.1. The van der Waals surface area contributed by atoms with Crippen molar-refractivity contribution in [3.63, 3.8) is 0 Å². The minimum absolute atomic E-state index is 0.000556. The predicted molar refractivity (Wildman–Crippen MR) is 48.3 cm³/mol. The SMILES string of the molecule is OC[C@@H]1CCCC[C@]2(CCCO2)O1. The van der Waals surface area contributed by atoms with E-state index in [2.05, 4.69) is 0 Å². The van der Waals surface area contributed by atoms with Gasteiger partial charge in [-0.05, 0) is 19.3 Å². The van der Waals surface area contributed by atoms with Crippen molar-refractivity contribution in [2.75, 3.05) is 13.2 Å². The van der Waals surface area contributed by atoms with E-state index in [4.69, 9.17) is 14.6 Å². The third-order valence-corrected chi connectivity index (χ3v) is 2.99. The maximum absolute atomic E-state index is 9.08. The fraction of sp³-hybridized carbons (Fsp3) is 1.00. The summed E-state index contributed by atoms with van der Waals surface area (Å²) in [4.78, 5) is 0. The number of aliphatic hydroxyl groups excluding tert-OH is 1. The minimum Gasteiger partial charge on any atom is -0.394 e. The first-order valence-electron chi connectivity index (χ1n) is 5.27. The average Bonchev–Trinajstić information content (AvgIpc) is 2.48. The Morgan fingerprint density at radius 2 is 2.08 bits per heavy atom. The molecule has 0 aliphatic carbocycles. The van der Waals surface area contributed by atoms with Crippen LogP contribution in [0.25, 0.3) is 0 Å². The van der Waals surface area contributed by atoms with Crippen molar-refractivity contribution in [2.24, 2.45) is 0 Å². The van der Waals surface area contributed by atoms with Gasteiger partial charge in [0.2, 0.25) is 0 Å². The molecule has 1 spiro atoms. The molecule has 2 atom stereocenters. The fourth-order valence-corrected chi connectivity index (χ4v) is 2.28. The summed E-state index contributed by atoms with van der Waals surface area (Å²) in [5.74, 6) is -0.329. The Kier molecular flexibility index (Phi) is 2.86. The lowest BCUT2D eigenvalue weighted by Crippen LogP contribution is -2.35. The van der Waals surface area contributed by atoms with Crippen LogP contribution >= 0.6 is 0 Å². The molecule has 76 valence electrons. The highest BCUT2D eigenvalue weighted by Gasteiger charge is 2.39. The number of hydrogen-bond donors (Lipinski definition) is 1. The topological polar surface area (TPSA) is 38.7 Å². The van der Waals surface area contributed by atoms with Gasteiger partial charge in [-0.25, -0.2) is 0 Å². The van der Waals surface area contributed by atoms with E-state index in [0.717, 1.165) is 45.1 Å². The van der Waals surface area contributed by atoms with Crippen molar-refractivity contribution in [1.29, 1.82) is 0 Å². The first-order valence-corrected chi connectivity index (χ1v) is 5.27. The van der Waals surface area contributed by atoms with Crippen LogP contribution in [0.4, 0.5) is 0 Å². The van der Waals surface area contributed by atoms with Crippen LogP contribution in [-0.2, 0) is 9.47 Å². The van der Waals surface area contributed by atoms with Crippen molar-refractivity contribution in [1.82, 2.24) is 0 Å². The molecule has 0 aromatic heterocycles. The average molecular weight is 186 g/mol. The molecule has 0 radical (unpaired) electrons. The van der Waals surface area contributed by atoms with Gasteiger partial charge in [-0.1, -0.05) is 6.42 Å². The molecule has 3 heteroatoms. The van der Waals surface area contributed by atoms with E-state index < -0.39 is 0 Å².